The smallest absolute Gasteiger partial charge is 0.193 e. The predicted molar refractivity (Wildman–Crippen MR) is 78.4 cm³/mol. The predicted octanol–water partition coefficient (Wildman–Crippen LogP) is 4.08. The van der Waals surface area contributed by atoms with Crippen LogP contribution in [0.4, 0.5) is 0 Å². The van der Waals surface area contributed by atoms with E-state index in [1.165, 1.54) is 5.56 Å². The average Bonchev–Trinajstić information content (AvgIpc) is 2.38. The Morgan fingerprint density at radius 3 is 2.35 bits per heavy atom. The monoisotopic (exact) mass is 336 g/mol. The molecule has 0 spiro atoms. The van der Waals surface area contributed by atoms with Crippen LogP contribution in [0.2, 0.25) is 0 Å². The number of carbonyl (C=O) groups excluding carboxylic acids is 1. The number of ketones is 1. The van der Waals surface area contributed by atoms with Crippen LogP contribution in [0, 0.1) is 3.57 Å². The fraction of sp³-hybridized carbons (Fsp3) is 0.133. The second-order valence-corrected chi connectivity index (χ2v) is 5.14. The lowest BCUT2D eigenvalue weighted by Gasteiger charge is -2.03. The van der Waals surface area contributed by atoms with Crippen LogP contribution in [0.15, 0.2) is 48.5 Å². The van der Waals surface area contributed by atoms with Crippen LogP contribution in [0.3, 0.4) is 0 Å². The molecular weight excluding hydrogens is 323 g/mol. The maximum absolute atomic E-state index is 12.3. The van der Waals surface area contributed by atoms with E-state index in [1.54, 1.807) is 0 Å². The molecule has 0 aliphatic heterocycles. The summed E-state index contributed by atoms with van der Waals surface area (Å²) in [5, 5.41) is 0. The van der Waals surface area contributed by atoms with Crippen molar-refractivity contribution in [2.45, 2.75) is 13.3 Å². The maximum atomic E-state index is 12.3. The number of aryl methyl sites for hydroxylation is 1. The Labute approximate surface area is 115 Å². The summed E-state index contributed by atoms with van der Waals surface area (Å²) < 4.78 is 1.08. The summed E-state index contributed by atoms with van der Waals surface area (Å²) in [5.74, 6) is 0.0961. The van der Waals surface area contributed by atoms with Crippen molar-refractivity contribution in [3.8, 4) is 0 Å². The molecule has 0 amide bonds. The van der Waals surface area contributed by atoms with Gasteiger partial charge < -0.3 is 0 Å². The molecule has 0 aromatic heterocycles. The van der Waals surface area contributed by atoms with E-state index in [9.17, 15) is 4.79 Å². The van der Waals surface area contributed by atoms with E-state index in [2.05, 4.69) is 29.5 Å². The second-order valence-electron chi connectivity index (χ2n) is 3.89. The van der Waals surface area contributed by atoms with Crippen molar-refractivity contribution < 1.29 is 4.79 Å². The minimum absolute atomic E-state index is 0.0961. The van der Waals surface area contributed by atoms with Crippen LogP contribution in [0.1, 0.15) is 28.4 Å². The molecule has 2 heteroatoms. The lowest BCUT2D eigenvalue weighted by atomic mass is 10.0. The molecule has 0 unspecified atom stereocenters. The molecule has 0 N–H and O–H groups in total. The lowest BCUT2D eigenvalue weighted by Crippen LogP contribution is -2.02. The summed E-state index contributed by atoms with van der Waals surface area (Å²) in [6.45, 7) is 2.09. The van der Waals surface area contributed by atoms with E-state index < -0.39 is 0 Å². The fourth-order valence-corrected chi connectivity index (χ4v) is 2.27. The molecule has 0 aliphatic carbocycles. The molecule has 0 saturated carbocycles. The summed E-state index contributed by atoms with van der Waals surface area (Å²) in [7, 11) is 0. The van der Waals surface area contributed by atoms with Crippen LogP contribution in [-0.2, 0) is 6.42 Å². The van der Waals surface area contributed by atoms with Gasteiger partial charge in [-0.25, -0.2) is 0 Å². The third-order valence-electron chi connectivity index (χ3n) is 2.68. The first-order chi connectivity index (χ1) is 8.20. The highest BCUT2D eigenvalue weighted by Gasteiger charge is 2.09. The first kappa shape index (κ1) is 12.3. The molecule has 86 valence electrons. The molecule has 0 atom stereocenters. The van der Waals surface area contributed by atoms with E-state index in [0.717, 1.165) is 21.1 Å². The van der Waals surface area contributed by atoms with Gasteiger partial charge in [-0.2, -0.15) is 0 Å². The summed E-state index contributed by atoms with van der Waals surface area (Å²) in [4.78, 5) is 12.3. The Morgan fingerprint density at radius 1 is 1.06 bits per heavy atom. The summed E-state index contributed by atoms with van der Waals surface area (Å²) >= 11 is 2.22. The largest absolute Gasteiger partial charge is 0.289 e. The highest BCUT2D eigenvalue weighted by Crippen LogP contribution is 2.14. The van der Waals surface area contributed by atoms with Gasteiger partial charge in [-0.15, -0.1) is 0 Å². The molecule has 2 aromatic rings. The average molecular weight is 336 g/mol. The summed E-state index contributed by atoms with van der Waals surface area (Å²) in [5.41, 5.74) is 2.72. The zero-order valence-corrected chi connectivity index (χ0v) is 11.8. The summed E-state index contributed by atoms with van der Waals surface area (Å²) in [6.07, 6.45) is 0.952. The van der Waals surface area contributed by atoms with Gasteiger partial charge in [0.1, 0.15) is 0 Å². The zero-order valence-electron chi connectivity index (χ0n) is 9.61. The van der Waals surface area contributed by atoms with Gasteiger partial charge in [0.05, 0.1) is 0 Å². The molecule has 0 aliphatic rings. The van der Waals surface area contributed by atoms with Gasteiger partial charge in [0.25, 0.3) is 0 Å². The number of hydrogen-bond donors (Lipinski definition) is 0. The van der Waals surface area contributed by atoms with Crippen molar-refractivity contribution in [1.82, 2.24) is 0 Å². The standard InChI is InChI=1S/C15H13IO/c1-2-11-5-3-6-12(9-11)15(17)13-7-4-8-14(16)10-13/h3-10H,2H2,1H3. The van der Waals surface area contributed by atoms with Crippen LogP contribution in [-0.4, -0.2) is 5.78 Å². The molecule has 0 saturated heterocycles. The number of hydrogen-bond acceptors (Lipinski definition) is 1. The third kappa shape index (κ3) is 2.94. The first-order valence-corrected chi connectivity index (χ1v) is 6.68. The fourth-order valence-electron chi connectivity index (χ4n) is 1.73. The number of rotatable bonds is 3. The maximum Gasteiger partial charge on any atom is 0.193 e. The van der Waals surface area contributed by atoms with Gasteiger partial charge in [0.15, 0.2) is 5.78 Å². The van der Waals surface area contributed by atoms with Gasteiger partial charge in [-0.05, 0) is 52.8 Å². The molecule has 0 bridgehead atoms. The van der Waals surface area contributed by atoms with Crippen LogP contribution in [0.5, 0.6) is 0 Å². The van der Waals surface area contributed by atoms with Gasteiger partial charge in [0, 0.05) is 14.7 Å². The second kappa shape index (κ2) is 5.45. The number of carbonyl (C=O) groups is 1. The van der Waals surface area contributed by atoms with E-state index in [-0.39, 0.29) is 5.78 Å². The Balaban J connectivity index is 2.36. The van der Waals surface area contributed by atoms with Crippen molar-refractivity contribution in [1.29, 1.82) is 0 Å². The lowest BCUT2D eigenvalue weighted by molar-refractivity contribution is 0.103. The van der Waals surface area contributed by atoms with Gasteiger partial charge >= 0.3 is 0 Å². The molecule has 0 radical (unpaired) electrons. The molecule has 0 heterocycles. The minimum atomic E-state index is 0.0961. The van der Waals surface area contributed by atoms with Crippen molar-refractivity contribution in [3.05, 3.63) is 68.8 Å². The Hall–Kier alpha value is -1.16. The minimum Gasteiger partial charge on any atom is -0.289 e. The Bertz CT molecular complexity index is 546. The summed E-state index contributed by atoms with van der Waals surface area (Å²) in [6, 6.07) is 15.5. The molecule has 1 nitrogen and oxygen atoms in total. The quantitative estimate of drug-likeness (QED) is 0.610. The van der Waals surface area contributed by atoms with Crippen molar-refractivity contribution >= 4 is 28.4 Å². The van der Waals surface area contributed by atoms with E-state index in [1.807, 2.05) is 48.5 Å². The van der Waals surface area contributed by atoms with Gasteiger partial charge in [0.2, 0.25) is 0 Å². The highest BCUT2D eigenvalue weighted by molar-refractivity contribution is 14.1. The van der Waals surface area contributed by atoms with E-state index >= 15 is 0 Å². The molecule has 17 heavy (non-hydrogen) atoms. The van der Waals surface area contributed by atoms with Crippen molar-refractivity contribution in [3.63, 3.8) is 0 Å². The number of halogens is 1. The van der Waals surface area contributed by atoms with E-state index in [0.29, 0.717) is 0 Å². The van der Waals surface area contributed by atoms with Crippen LogP contribution < -0.4 is 0 Å². The zero-order chi connectivity index (χ0) is 12.3. The molecular formula is C15H13IO. The Kier molecular flexibility index (Phi) is 3.94. The topological polar surface area (TPSA) is 17.1 Å². The number of benzene rings is 2. The van der Waals surface area contributed by atoms with E-state index in [4.69, 9.17) is 0 Å². The third-order valence-corrected chi connectivity index (χ3v) is 3.36. The molecule has 2 aromatic carbocycles. The van der Waals surface area contributed by atoms with Gasteiger partial charge in [-0.3, -0.25) is 4.79 Å². The first-order valence-electron chi connectivity index (χ1n) is 5.60. The van der Waals surface area contributed by atoms with Crippen LogP contribution >= 0.6 is 22.6 Å². The Morgan fingerprint density at radius 2 is 1.71 bits per heavy atom. The van der Waals surface area contributed by atoms with Crippen molar-refractivity contribution in [2.24, 2.45) is 0 Å². The van der Waals surface area contributed by atoms with Gasteiger partial charge in [-0.1, -0.05) is 37.3 Å². The molecule has 0 fully saturated rings. The SMILES string of the molecule is CCc1cccc(C(=O)c2cccc(I)c2)c1. The van der Waals surface area contributed by atoms with Crippen molar-refractivity contribution in [2.75, 3.05) is 0 Å². The molecule has 2 rings (SSSR count). The van der Waals surface area contributed by atoms with Crippen LogP contribution in [0.25, 0.3) is 0 Å². The highest BCUT2D eigenvalue weighted by atomic mass is 127. The normalized spacial score (nSPS) is 10.2.